The predicted octanol–water partition coefficient (Wildman–Crippen LogP) is 6.44. The third-order valence-corrected chi connectivity index (χ3v) is 5.85. The van der Waals surface area contributed by atoms with Gasteiger partial charge >= 0.3 is 0 Å². The van der Waals surface area contributed by atoms with E-state index in [0.717, 1.165) is 19.0 Å². The largest absolute Gasteiger partial charge is 0.289 e. The van der Waals surface area contributed by atoms with Gasteiger partial charge in [-0.05, 0) is 36.3 Å². The molecular formula is C24H33N. The fourth-order valence-corrected chi connectivity index (χ4v) is 4.45. The van der Waals surface area contributed by atoms with Crippen LogP contribution in [0.5, 0.6) is 0 Å². The Morgan fingerprint density at radius 2 is 1.40 bits per heavy atom. The molecule has 1 heteroatoms. The Morgan fingerprint density at radius 3 is 1.88 bits per heavy atom. The highest BCUT2D eigenvalue weighted by molar-refractivity contribution is 5.21. The van der Waals surface area contributed by atoms with E-state index in [1.165, 1.54) is 49.7 Å². The summed E-state index contributed by atoms with van der Waals surface area (Å²) in [6.45, 7) is 6.80. The van der Waals surface area contributed by atoms with Crippen molar-refractivity contribution in [3.8, 4) is 0 Å². The molecule has 25 heavy (non-hydrogen) atoms. The molecule has 0 N–H and O–H groups in total. The summed E-state index contributed by atoms with van der Waals surface area (Å²) in [5.41, 5.74) is 3.31. The average Bonchev–Trinajstić information content (AvgIpc) is 3.35. The van der Waals surface area contributed by atoms with Crippen LogP contribution >= 0.6 is 0 Å². The molecule has 1 fully saturated rings. The van der Waals surface area contributed by atoms with Crippen molar-refractivity contribution in [2.75, 3.05) is 0 Å². The minimum atomic E-state index is 0.426. The monoisotopic (exact) mass is 335 g/mol. The van der Waals surface area contributed by atoms with Gasteiger partial charge in [-0.2, -0.15) is 0 Å². The molecule has 0 heterocycles. The first-order valence-electron chi connectivity index (χ1n) is 10.1. The van der Waals surface area contributed by atoms with Crippen LogP contribution in [0.3, 0.4) is 0 Å². The smallest absolute Gasteiger partial charge is 0.0248 e. The van der Waals surface area contributed by atoms with Gasteiger partial charge in [0.2, 0.25) is 0 Å². The van der Waals surface area contributed by atoms with Crippen molar-refractivity contribution in [2.24, 2.45) is 5.92 Å². The van der Waals surface area contributed by atoms with E-state index in [0.29, 0.717) is 5.54 Å². The molecule has 0 amide bonds. The summed E-state index contributed by atoms with van der Waals surface area (Å²) >= 11 is 0. The summed E-state index contributed by atoms with van der Waals surface area (Å²) in [7, 11) is 0. The highest BCUT2D eigenvalue weighted by Gasteiger charge is 2.55. The molecule has 2 atom stereocenters. The van der Waals surface area contributed by atoms with E-state index in [-0.39, 0.29) is 0 Å². The van der Waals surface area contributed by atoms with E-state index in [1.54, 1.807) is 0 Å². The first-order chi connectivity index (χ1) is 12.3. The zero-order chi connectivity index (χ0) is 17.5. The molecule has 1 saturated carbocycles. The molecule has 0 saturated heterocycles. The van der Waals surface area contributed by atoms with Crippen LogP contribution in [0.2, 0.25) is 0 Å². The third kappa shape index (κ3) is 4.52. The number of hydrogen-bond acceptors (Lipinski definition) is 1. The highest BCUT2D eigenvalue weighted by atomic mass is 15.2. The standard InChI is InChI=1S/C24H33N/c1-3-5-16-23-18-24(23,17-4-2)25(19-21-12-8-6-9-13-21)20-22-14-10-7-11-15-22/h6-15,23H,3-5,16-20H2,1-2H3/t23-,24-/m1/s1. The Balaban J connectivity index is 1.81. The van der Waals surface area contributed by atoms with Crippen LogP contribution in [-0.2, 0) is 13.1 Å². The molecular weight excluding hydrogens is 302 g/mol. The van der Waals surface area contributed by atoms with Crippen molar-refractivity contribution in [1.82, 2.24) is 4.90 Å². The Morgan fingerprint density at radius 1 is 0.840 bits per heavy atom. The first-order valence-corrected chi connectivity index (χ1v) is 10.1. The first kappa shape index (κ1) is 18.2. The van der Waals surface area contributed by atoms with Crippen molar-refractivity contribution in [3.05, 3.63) is 71.8 Å². The maximum atomic E-state index is 2.79. The van der Waals surface area contributed by atoms with Gasteiger partial charge in [0, 0.05) is 18.6 Å². The number of rotatable bonds is 10. The minimum absolute atomic E-state index is 0.426. The van der Waals surface area contributed by atoms with Gasteiger partial charge in [-0.25, -0.2) is 0 Å². The zero-order valence-electron chi connectivity index (χ0n) is 16.0. The molecule has 0 unspecified atom stereocenters. The fourth-order valence-electron chi connectivity index (χ4n) is 4.45. The molecule has 0 aromatic heterocycles. The van der Waals surface area contributed by atoms with Crippen molar-refractivity contribution in [1.29, 1.82) is 0 Å². The summed E-state index contributed by atoms with van der Waals surface area (Å²) in [6, 6.07) is 22.0. The number of hydrogen-bond donors (Lipinski definition) is 0. The quantitative estimate of drug-likeness (QED) is 0.483. The maximum Gasteiger partial charge on any atom is 0.0248 e. The van der Waals surface area contributed by atoms with Crippen LogP contribution in [0.4, 0.5) is 0 Å². The van der Waals surface area contributed by atoms with E-state index >= 15 is 0 Å². The summed E-state index contributed by atoms with van der Waals surface area (Å²) in [6.07, 6.45) is 8.09. The molecule has 3 rings (SSSR count). The number of nitrogens with zero attached hydrogens (tertiary/aromatic N) is 1. The lowest BCUT2D eigenvalue weighted by molar-refractivity contribution is 0.131. The fraction of sp³-hybridized carbons (Fsp3) is 0.500. The Labute approximate surface area is 154 Å². The molecule has 0 bridgehead atoms. The Hall–Kier alpha value is -1.60. The average molecular weight is 336 g/mol. The van der Waals surface area contributed by atoms with Gasteiger partial charge in [-0.15, -0.1) is 0 Å². The van der Waals surface area contributed by atoms with Gasteiger partial charge in [-0.1, -0.05) is 93.8 Å². The van der Waals surface area contributed by atoms with Crippen molar-refractivity contribution >= 4 is 0 Å². The highest BCUT2D eigenvalue weighted by Crippen LogP contribution is 2.55. The molecule has 2 aromatic carbocycles. The summed E-state index contributed by atoms with van der Waals surface area (Å²) < 4.78 is 0. The molecule has 0 spiro atoms. The van der Waals surface area contributed by atoms with E-state index in [4.69, 9.17) is 0 Å². The van der Waals surface area contributed by atoms with Gasteiger partial charge in [0.05, 0.1) is 0 Å². The van der Waals surface area contributed by atoms with Crippen LogP contribution in [0.25, 0.3) is 0 Å². The topological polar surface area (TPSA) is 3.24 Å². The molecule has 134 valence electrons. The van der Waals surface area contributed by atoms with E-state index in [9.17, 15) is 0 Å². The van der Waals surface area contributed by atoms with Crippen LogP contribution in [0.1, 0.15) is 63.5 Å². The van der Waals surface area contributed by atoms with Gasteiger partial charge in [-0.3, -0.25) is 4.90 Å². The van der Waals surface area contributed by atoms with E-state index in [2.05, 4.69) is 79.4 Å². The number of benzene rings is 2. The molecule has 1 nitrogen and oxygen atoms in total. The Kier molecular flexibility index (Phi) is 6.31. The second kappa shape index (κ2) is 8.67. The third-order valence-electron chi connectivity index (χ3n) is 5.85. The lowest BCUT2D eigenvalue weighted by atomic mass is 10.00. The number of unbranched alkanes of at least 4 members (excludes halogenated alkanes) is 1. The Bertz CT molecular complexity index is 580. The maximum absolute atomic E-state index is 2.79. The second-order valence-electron chi connectivity index (χ2n) is 7.72. The SMILES string of the molecule is CCCC[C@@H]1C[C@@]1(CCC)N(Cc1ccccc1)Cc1ccccc1. The molecule has 1 aliphatic carbocycles. The summed E-state index contributed by atoms with van der Waals surface area (Å²) in [4.78, 5) is 2.79. The van der Waals surface area contributed by atoms with Gasteiger partial charge in [0.25, 0.3) is 0 Å². The van der Waals surface area contributed by atoms with Gasteiger partial charge < -0.3 is 0 Å². The normalized spacial score (nSPS) is 22.3. The zero-order valence-corrected chi connectivity index (χ0v) is 16.0. The van der Waals surface area contributed by atoms with Crippen LogP contribution in [0.15, 0.2) is 60.7 Å². The van der Waals surface area contributed by atoms with Gasteiger partial charge in [0.1, 0.15) is 0 Å². The summed E-state index contributed by atoms with van der Waals surface area (Å²) in [5, 5.41) is 0. The molecule has 0 aliphatic heterocycles. The van der Waals surface area contributed by atoms with Crippen LogP contribution in [-0.4, -0.2) is 10.4 Å². The second-order valence-corrected chi connectivity index (χ2v) is 7.72. The van der Waals surface area contributed by atoms with Crippen LogP contribution < -0.4 is 0 Å². The minimum Gasteiger partial charge on any atom is -0.289 e. The van der Waals surface area contributed by atoms with Crippen molar-refractivity contribution in [2.45, 2.75) is 71.0 Å². The molecule has 2 aromatic rings. The predicted molar refractivity (Wildman–Crippen MR) is 107 cm³/mol. The van der Waals surface area contributed by atoms with Gasteiger partial charge in [0.15, 0.2) is 0 Å². The van der Waals surface area contributed by atoms with Crippen molar-refractivity contribution in [3.63, 3.8) is 0 Å². The van der Waals surface area contributed by atoms with Crippen molar-refractivity contribution < 1.29 is 0 Å². The molecule has 1 aliphatic rings. The lowest BCUT2D eigenvalue weighted by Gasteiger charge is -2.34. The van der Waals surface area contributed by atoms with E-state index in [1.807, 2.05) is 0 Å². The van der Waals surface area contributed by atoms with Crippen LogP contribution in [0, 0.1) is 5.92 Å². The lowest BCUT2D eigenvalue weighted by Crippen LogP contribution is -2.38. The van der Waals surface area contributed by atoms with E-state index < -0.39 is 0 Å². The summed E-state index contributed by atoms with van der Waals surface area (Å²) in [5.74, 6) is 0.889. The molecule has 0 radical (unpaired) electrons.